The molecule has 1 fully saturated rings. The number of hydrogen-bond acceptors (Lipinski definition) is 2. The van der Waals surface area contributed by atoms with Crippen molar-refractivity contribution in [1.82, 2.24) is 0 Å². The van der Waals surface area contributed by atoms with E-state index in [0.29, 0.717) is 42.7 Å². The fourth-order valence-electron chi connectivity index (χ4n) is 3.15. The summed E-state index contributed by atoms with van der Waals surface area (Å²) in [6, 6.07) is 7.45. The summed E-state index contributed by atoms with van der Waals surface area (Å²) in [5.41, 5.74) is 1.14. The van der Waals surface area contributed by atoms with Gasteiger partial charge in [-0.05, 0) is 49.4 Å². The highest BCUT2D eigenvalue weighted by molar-refractivity contribution is 5.65. The van der Waals surface area contributed by atoms with E-state index in [4.69, 9.17) is 9.47 Å². The molecule has 5 heteroatoms. The van der Waals surface area contributed by atoms with Crippen molar-refractivity contribution in [2.24, 2.45) is 0 Å². The lowest BCUT2D eigenvalue weighted by Gasteiger charge is -2.29. The van der Waals surface area contributed by atoms with Gasteiger partial charge in [0.25, 0.3) is 0 Å². The van der Waals surface area contributed by atoms with Gasteiger partial charge >= 0.3 is 0 Å². The molecule has 0 aromatic heterocycles. The molecular formula is C20H21F3O2. The maximum atomic E-state index is 14.6. The van der Waals surface area contributed by atoms with Gasteiger partial charge in [-0.3, -0.25) is 0 Å². The molecule has 1 heterocycles. The second-order valence-electron chi connectivity index (χ2n) is 6.29. The lowest BCUT2D eigenvalue weighted by molar-refractivity contribution is -0.164. The summed E-state index contributed by atoms with van der Waals surface area (Å²) < 4.78 is 53.8. The Labute approximate surface area is 145 Å². The van der Waals surface area contributed by atoms with Crippen molar-refractivity contribution in [3.63, 3.8) is 0 Å². The van der Waals surface area contributed by atoms with Crippen LogP contribution in [0.1, 0.15) is 36.8 Å². The maximum Gasteiger partial charge on any atom is 0.166 e. The van der Waals surface area contributed by atoms with Gasteiger partial charge in [-0.1, -0.05) is 24.3 Å². The average molecular weight is 350 g/mol. The summed E-state index contributed by atoms with van der Waals surface area (Å²) >= 11 is 0. The molecule has 134 valence electrons. The van der Waals surface area contributed by atoms with Crippen molar-refractivity contribution in [3.05, 3.63) is 58.9 Å². The first-order chi connectivity index (χ1) is 12.0. The number of rotatable bonds is 4. The Morgan fingerprint density at radius 1 is 1.08 bits per heavy atom. The molecule has 0 amide bonds. The number of ether oxygens (including phenoxy) is 2. The zero-order valence-electron chi connectivity index (χ0n) is 14.3. The molecule has 0 radical (unpaired) electrons. The first-order valence-corrected chi connectivity index (χ1v) is 8.48. The van der Waals surface area contributed by atoms with E-state index in [0.717, 1.165) is 0 Å². The van der Waals surface area contributed by atoms with Crippen LogP contribution in [-0.4, -0.2) is 19.5 Å². The van der Waals surface area contributed by atoms with Crippen LogP contribution in [0.15, 0.2) is 30.3 Å². The molecule has 0 spiro atoms. The minimum atomic E-state index is -0.951. The van der Waals surface area contributed by atoms with Gasteiger partial charge in [-0.15, -0.1) is 0 Å². The van der Waals surface area contributed by atoms with E-state index in [1.807, 2.05) is 6.92 Å². The third kappa shape index (κ3) is 3.72. The van der Waals surface area contributed by atoms with Gasteiger partial charge in [0.15, 0.2) is 17.9 Å². The van der Waals surface area contributed by atoms with Crippen LogP contribution in [0, 0.1) is 24.4 Å². The monoisotopic (exact) mass is 350 g/mol. The number of halogens is 3. The second kappa shape index (κ2) is 7.58. The van der Waals surface area contributed by atoms with Crippen LogP contribution in [-0.2, 0) is 9.47 Å². The van der Waals surface area contributed by atoms with Gasteiger partial charge in [0.05, 0.1) is 6.61 Å². The number of benzene rings is 2. The van der Waals surface area contributed by atoms with Crippen LogP contribution >= 0.6 is 0 Å². The topological polar surface area (TPSA) is 18.5 Å². The Bertz CT molecular complexity index is 753. The molecule has 2 unspecified atom stereocenters. The summed E-state index contributed by atoms with van der Waals surface area (Å²) in [6.07, 6.45) is 1.04. The minimum absolute atomic E-state index is 0.0593. The van der Waals surface area contributed by atoms with Crippen molar-refractivity contribution in [2.45, 2.75) is 38.9 Å². The normalized spacial score (nSPS) is 20.7. The van der Waals surface area contributed by atoms with E-state index >= 15 is 0 Å². The van der Waals surface area contributed by atoms with E-state index < -0.39 is 17.5 Å². The van der Waals surface area contributed by atoms with Crippen molar-refractivity contribution < 1.29 is 22.6 Å². The van der Waals surface area contributed by atoms with Gasteiger partial charge in [-0.25, -0.2) is 13.2 Å². The molecule has 2 atom stereocenters. The SMILES string of the molecule is CCOC1CCC(c2ccc(-c3ccc(C)c(F)c3)c(F)c2F)CO1. The molecule has 1 saturated heterocycles. The maximum absolute atomic E-state index is 14.6. The summed E-state index contributed by atoms with van der Waals surface area (Å²) in [5, 5.41) is 0. The molecule has 0 bridgehead atoms. The van der Waals surface area contributed by atoms with Crippen molar-refractivity contribution >= 4 is 0 Å². The molecule has 0 saturated carbocycles. The molecule has 2 aromatic rings. The lowest BCUT2D eigenvalue weighted by Crippen LogP contribution is -2.27. The minimum Gasteiger partial charge on any atom is -0.353 e. The Morgan fingerprint density at radius 3 is 2.52 bits per heavy atom. The van der Waals surface area contributed by atoms with Crippen molar-refractivity contribution in [2.75, 3.05) is 13.2 Å². The Hall–Kier alpha value is -1.85. The molecule has 1 aliphatic heterocycles. The molecule has 1 aliphatic rings. The molecule has 0 N–H and O–H groups in total. The number of aryl methyl sites for hydroxylation is 1. The lowest BCUT2D eigenvalue weighted by atomic mass is 9.90. The third-order valence-electron chi connectivity index (χ3n) is 4.62. The van der Waals surface area contributed by atoms with Gasteiger partial charge < -0.3 is 9.47 Å². The molecule has 25 heavy (non-hydrogen) atoms. The Morgan fingerprint density at radius 2 is 1.88 bits per heavy atom. The van der Waals surface area contributed by atoms with E-state index in [9.17, 15) is 13.2 Å². The van der Waals surface area contributed by atoms with Crippen LogP contribution < -0.4 is 0 Å². The van der Waals surface area contributed by atoms with Crippen molar-refractivity contribution in [1.29, 1.82) is 0 Å². The highest BCUT2D eigenvalue weighted by Crippen LogP contribution is 2.34. The molecular weight excluding hydrogens is 329 g/mol. The quantitative estimate of drug-likeness (QED) is 0.741. The third-order valence-corrected chi connectivity index (χ3v) is 4.62. The summed E-state index contributed by atoms with van der Waals surface area (Å²) in [4.78, 5) is 0. The highest BCUT2D eigenvalue weighted by atomic mass is 19.2. The van der Waals surface area contributed by atoms with Crippen molar-refractivity contribution in [3.8, 4) is 11.1 Å². The first kappa shape index (κ1) is 18.0. The Kier molecular flexibility index (Phi) is 5.45. The fraction of sp³-hybridized carbons (Fsp3) is 0.400. The number of hydrogen-bond donors (Lipinski definition) is 0. The largest absolute Gasteiger partial charge is 0.353 e. The molecule has 2 aromatic carbocycles. The van der Waals surface area contributed by atoms with Crippen LogP contribution in [0.25, 0.3) is 11.1 Å². The average Bonchev–Trinajstić information content (AvgIpc) is 2.61. The highest BCUT2D eigenvalue weighted by Gasteiger charge is 2.27. The van der Waals surface area contributed by atoms with Gasteiger partial charge in [0.2, 0.25) is 0 Å². The summed E-state index contributed by atoms with van der Waals surface area (Å²) in [7, 11) is 0. The Balaban J connectivity index is 1.85. The first-order valence-electron chi connectivity index (χ1n) is 8.48. The van der Waals surface area contributed by atoms with Crippen LogP contribution in [0.3, 0.4) is 0 Å². The smallest absolute Gasteiger partial charge is 0.166 e. The van der Waals surface area contributed by atoms with E-state index in [1.165, 1.54) is 12.1 Å². The standard InChI is InChI=1S/C20H21F3O2/c1-3-24-18-9-6-14(11-25-18)16-8-7-15(19(22)20(16)23)13-5-4-12(2)17(21)10-13/h4-5,7-8,10,14,18H,3,6,9,11H2,1-2H3. The van der Waals surface area contributed by atoms with E-state index in [1.54, 1.807) is 25.1 Å². The fourth-order valence-corrected chi connectivity index (χ4v) is 3.15. The second-order valence-corrected chi connectivity index (χ2v) is 6.29. The zero-order chi connectivity index (χ0) is 18.0. The molecule has 3 rings (SSSR count). The summed E-state index contributed by atoms with van der Waals surface area (Å²) in [5.74, 6) is -2.49. The predicted octanol–water partition coefficient (Wildman–Crippen LogP) is 5.34. The van der Waals surface area contributed by atoms with E-state index in [-0.39, 0.29) is 17.8 Å². The summed E-state index contributed by atoms with van der Waals surface area (Å²) in [6.45, 7) is 4.36. The van der Waals surface area contributed by atoms with Gasteiger partial charge in [0.1, 0.15) is 5.82 Å². The predicted molar refractivity (Wildman–Crippen MR) is 89.8 cm³/mol. The van der Waals surface area contributed by atoms with Crippen LogP contribution in [0.2, 0.25) is 0 Å². The van der Waals surface area contributed by atoms with Gasteiger partial charge in [0, 0.05) is 18.1 Å². The van der Waals surface area contributed by atoms with Gasteiger partial charge in [-0.2, -0.15) is 0 Å². The zero-order valence-corrected chi connectivity index (χ0v) is 14.3. The van der Waals surface area contributed by atoms with E-state index in [2.05, 4.69) is 0 Å². The van der Waals surface area contributed by atoms with Crippen LogP contribution in [0.4, 0.5) is 13.2 Å². The molecule has 0 aliphatic carbocycles. The van der Waals surface area contributed by atoms with Crippen LogP contribution in [0.5, 0.6) is 0 Å². The molecule has 2 nitrogen and oxygen atoms in total.